The van der Waals surface area contributed by atoms with Crippen molar-refractivity contribution in [3.8, 4) is 28.7 Å². The number of carbonyl (C=O) groups excluding carboxylic acids is 1. The Balaban J connectivity index is 1.23. The van der Waals surface area contributed by atoms with E-state index in [2.05, 4.69) is 44.0 Å². The predicted octanol–water partition coefficient (Wildman–Crippen LogP) is 14.3. The molecule has 13 heteroatoms. The summed E-state index contributed by atoms with van der Waals surface area (Å²) in [5.41, 5.74) is 4.43. The second kappa shape index (κ2) is 28.6. The van der Waals surface area contributed by atoms with Crippen LogP contribution < -0.4 is 18.9 Å². The number of aliphatic hydroxyl groups excluding tert-OH is 2. The van der Waals surface area contributed by atoms with Crippen molar-refractivity contribution in [1.82, 2.24) is 4.90 Å². The Labute approximate surface area is 449 Å². The summed E-state index contributed by atoms with van der Waals surface area (Å²) < 4.78 is 39.4. The van der Waals surface area contributed by atoms with Gasteiger partial charge in [-0.25, -0.2) is 4.79 Å². The van der Waals surface area contributed by atoms with E-state index in [4.69, 9.17) is 38.4 Å². The van der Waals surface area contributed by atoms with Crippen LogP contribution in [0.4, 0.5) is 4.79 Å². The minimum atomic E-state index is -1.48. The second-order valence-corrected chi connectivity index (χ2v) is 21.3. The molecule has 12 nitrogen and oxygen atoms in total. The van der Waals surface area contributed by atoms with Gasteiger partial charge in [-0.1, -0.05) is 131 Å². The number of allylic oxidation sites excluding steroid dienone is 1. The number of hydrogen-bond donors (Lipinski definition) is 2. The summed E-state index contributed by atoms with van der Waals surface area (Å²) in [6, 6.07) is 29.1. The summed E-state index contributed by atoms with van der Waals surface area (Å²) in [6.45, 7) is 7.49. The van der Waals surface area contributed by atoms with Crippen molar-refractivity contribution < 1.29 is 48.3 Å². The van der Waals surface area contributed by atoms with Crippen molar-refractivity contribution in [1.29, 1.82) is 0 Å². The number of thioether (sulfide) groups is 1. The molecular weight excluding hydrogens is 965 g/mol. The highest BCUT2D eigenvalue weighted by molar-refractivity contribution is 7.98. The molecule has 1 saturated carbocycles. The molecule has 1 fully saturated rings. The van der Waals surface area contributed by atoms with Gasteiger partial charge in [0, 0.05) is 42.6 Å². The number of amides is 1. The summed E-state index contributed by atoms with van der Waals surface area (Å²) >= 11 is 1.68. The number of carbonyl (C=O) groups is 1. The number of benzene rings is 4. The zero-order valence-electron chi connectivity index (χ0n) is 44.3. The SMILES string of the molecule is C=CCO[C@@]12Oc3ccc(Oc4ccc(SC)cc4)cc3[C@H]3[C@H](CCCCO)[C@@H](CCCCO)C=C(C(=NOCc4ccccc4)C[C@@H]1N(Cc1ccc4c(c1)OCO4)C(=O)OCCCCCCCCCCCC)[C@H]32. The van der Waals surface area contributed by atoms with Gasteiger partial charge in [-0.2, -0.15) is 0 Å². The normalized spacial score (nSPS) is 21.6. The Bertz CT molecular complexity index is 2480. The Morgan fingerprint density at radius 3 is 2.24 bits per heavy atom. The van der Waals surface area contributed by atoms with E-state index in [1.165, 1.54) is 44.9 Å². The van der Waals surface area contributed by atoms with Gasteiger partial charge < -0.3 is 43.5 Å². The first-order valence-corrected chi connectivity index (χ1v) is 29.0. The predicted molar refractivity (Wildman–Crippen MR) is 296 cm³/mol. The third-order valence-electron chi connectivity index (χ3n) is 15.3. The van der Waals surface area contributed by atoms with Gasteiger partial charge in [-0.15, -0.1) is 18.3 Å². The summed E-state index contributed by atoms with van der Waals surface area (Å²) in [6.07, 6.45) is 22.1. The molecule has 0 aromatic heterocycles. The fourth-order valence-corrected chi connectivity index (χ4v) is 12.0. The van der Waals surface area contributed by atoms with Crippen LogP contribution in [-0.4, -0.2) is 78.2 Å². The van der Waals surface area contributed by atoms with Crippen molar-refractivity contribution in [3.63, 3.8) is 0 Å². The quantitative estimate of drug-likeness (QED) is 0.0216. The van der Waals surface area contributed by atoms with Crippen molar-refractivity contribution in [3.05, 3.63) is 132 Å². The van der Waals surface area contributed by atoms with Gasteiger partial charge in [0.2, 0.25) is 12.6 Å². The number of nitrogens with zero attached hydrogens (tertiary/aromatic N) is 2. The van der Waals surface area contributed by atoms with Gasteiger partial charge in [0.1, 0.15) is 29.9 Å². The summed E-state index contributed by atoms with van der Waals surface area (Å²) in [7, 11) is 0. The molecule has 2 heterocycles. The molecular formula is C62H80N2O10S. The van der Waals surface area contributed by atoms with Crippen LogP contribution in [0.15, 0.2) is 125 Å². The van der Waals surface area contributed by atoms with E-state index in [9.17, 15) is 10.2 Å². The number of unbranched alkanes of at least 4 members (excludes halogenated alkanes) is 11. The number of ether oxygens (including phenoxy) is 6. The molecule has 2 aliphatic heterocycles. The van der Waals surface area contributed by atoms with E-state index in [0.717, 1.165) is 77.9 Å². The maximum absolute atomic E-state index is 15.3. The van der Waals surface area contributed by atoms with Gasteiger partial charge in [-0.05, 0) is 121 Å². The molecule has 0 saturated heterocycles. The van der Waals surface area contributed by atoms with Gasteiger partial charge >= 0.3 is 6.09 Å². The first-order chi connectivity index (χ1) is 36.9. The van der Waals surface area contributed by atoms with Crippen LogP contribution in [-0.2, 0) is 27.5 Å². The lowest BCUT2D eigenvalue weighted by Crippen LogP contribution is -2.70. The Kier molecular flexibility index (Phi) is 21.3. The van der Waals surface area contributed by atoms with E-state index in [1.54, 1.807) is 22.7 Å². The highest BCUT2D eigenvalue weighted by Gasteiger charge is 2.66. The molecule has 0 radical (unpaired) electrons. The topological polar surface area (TPSA) is 138 Å². The maximum atomic E-state index is 15.3. The molecule has 1 amide bonds. The number of fused-ring (bicyclic) bond motifs is 3. The largest absolute Gasteiger partial charge is 0.459 e. The molecule has 0 bridgehead atoms. The molecule has 8 rings (SSSR count). The standard InChI is InChI=1S/C62H80N2O10S/c1-4-6-7-8-9-10-11-12-13-21-37-68-61(67)64(42-46-26-32-56-57(38-46)70-44-69-56)58-41-54(63-72-43-45-22-15-14-16-23-45)52-39-47(24-17-19-34-65)51(25-18-20-35-66)59-53-40-49(73-48-27-30-50(75-3)31-28-48)29-33-55(53)74-62(58,60(52)59)71-36-5-2/h5,14-16,22-23,26-33,38-40,47,51,58-60,65-66H,2,4,6-13,17-21,24-25,34-37,41-44H2,1,3H3/t47-,51+,58-,59+,60+,62+/m0/s1. The maximum Gasteiger partial charge on any atom is 0.410 e. The minimum absolute atomic E-state index is 0.0327. The first kappa shape index (κ1) is 55.8. The lowest BCUT2D eigenvalue weighted by molar-refractivity contribution is -0.256. The minimum Gasteiger partial charge on any atom is -0.459 e. The Hall–Kier alpha value is -5.47. The molecule has 2 aliphatic carbocycles. The molecule has 2 N–H and O–H groups in total. The van der Waals surface area contributed by atoms with Gasteiger partial charge in [-0.3, -0.25) is 4.90 Å². The van der Waals surface area contributed by atoms with E-state index in [0.29, 0.717) is 41.6 Å². The summed E-state index contributed by atoms with van der Waals surface area (Å²) in [5, 5.41) is 25.3. The van der Waals surface area contributed by atoms with E-state index >= 15 is 4.79 Å². The monoisotopic (exact) mass is 1040 g/mol. The zero-order chi connectivity index (χ0) is 52.2. The lowest BCUT2D eigenvalue weighted by atomic mass is 9.55. The molecule has 404 valence electrons. The van der Waals surface area contributed by atoms with Crippen LogP contribution in [0, 0.1) is 17.8 Å². The van der Waals surface area contributed by atoms with Crippen LogP contribution in [0.25, 0.3) is 0 Å². The van der Waals surface area contributed by atoms with Gasteiger partial charge in [0.15, 0.2) is 11.5 Å². The van der Waals surface area contributed by atoms with E-state index in [1.807, 2.05) is 72.8 Å². The third kappa shape index (κ3) is 14.3. The van der Waals surface area contributed by atoms with Crippen LogP contribution in [0.1, 0.15) is 139 Å². The Morgan fingerprint density at radius 1 is 0.800 bits per heavy atom. The fourth-order valence-electron chi connectivity index (χ4n) is 11.6. The average molecular weight is 1050 g/mol. The molecule has 6 atom stereocenters. The fraction of sp³-hybridized carbons (Fsp3) is 0.516. The zero-order valence-corrected chi connectivity index (χ0v) is 45.2. The summed E-state index contributed by atoms with van der Waals surface area (Å²) in [4.78, 5) is 24.6. The Morgan fingerprint density at radius 2 is 1.51 bits per heavy atom. The average Bonchev–Trinajstić information content (AvgIpc) is 3.94. The highest BCUT2D eigenvalue weighted by atomic mass is 32.2. The summed E-state index contributed by atoms with van der Waals surface area (Å²) in [5.74, 6) is 1.15. The second-order valence-electron chi connectivity index (χ2n) is 20.4. The van der Waals surface area contributed by atoms with Crippen LogP contribution in [0.5, 0.6) is 28.7 Å². The molecule has 4 aromatic rings. The van der Waals surface area contributed by atoms with E-state index in [-0.39, 0.29) is 70.5 Å². The molecule has 0 unspecified atom stereocenters. The molecule has 4 aromatic carbocycles. The number of oxime groups is 1. The van der Waals surface area contributed by atoms with Crippen LogP contribution >= 0.6 is 11.8 Å². The molecule has 4 aliphatic rings. The van der Waals surface area contributed by atoms with Crippen molar-refractivity contribution >= 4 is 23.6 Å². The van der Waals surface area contributed by atoms with E-state index < -0.39 is 23.8 Å². The van der Waals surface area contributed by atoms with Gasteiger partial charge in [0.25, 0.3) is 0 Å². The van der Waals surface area contributed by atoms with Crippen molar-refractivity contribution in [2.45, 2.75) is 152 Å². The van der Waals surface area contributed by atoms with Gasteiger partial charge in [0.05, 0.1) is 24.8 Å². The van der Waals surface area contributed by atoms with Crippen LogP contribution in [0.3, 0.4) is 0 Å². The third-order valence-corrected chi connectivity index (χ3v) is 16.1. The van der Waals surface area contributed by atoms with Crippen LogP contribution in [0.2, 0.25) is 0 Å². The molecule has 0 spiro atoms. The van der Waals surface area contributed by atoms with Crippen molar-refractivity contribution in [2.75, 3.05) is 39.5 Å². The number of rotatable bonds is 31. The number of hydrogen-bond acceptors (Lipinski definition) is 12. The first-order valence-electron chi connectivity index (χ1n) is 27.8. The highest BCUT2D eigenvalue weighted by Crippen LogP contribution is 2.62. The number of aliphatic hydroxyl groups is 2. The van der Waals surface area contributed by atoms with Crippen molar-refractivity contribution in [2.24, 2.45) is 22.9 Å². The lowest BCUT2D eigenvalue weighted by Gasteiger charge is -2.59. The smallest absolute Gasteiger partial charge is 0.410 e. The molecule has 75 heavy (non-hydrogen) atoms.